The van der Waals surface area contributed by atoms with Crippen molar-refractivity contribution in [2.24, 2.45) is 0 Å². The molecule has 0 saturated carbocycles. The summed E-state index contributed by atoms with van der Waals surface area (Å²) in [6, 6.07) is 6.65. The minimum absolute atomic E-state index is 0.0539. The molecule has 1 N–H and O–H groups in total. The molecule has 2 aromatic carbocycles. The Hall–Kier alpha value is -3.04. The van der Waals surface area contributed by atoms with Gasteiger partial charge < -0.3 is 24.4 Å². The van der Waals surface area contributed by atoms with E-state index in [0.29, 0.717) is 41.1 Å². The lowest BCUT2D eigenvalue weighted by molar-refractivity contribution is -0.00734. The number of ether oxygens (including phenoxy) is 3. The number of rotatable bonds is 5. The number of benzene rings is 2. The van der Waals surface area contributed by atoms with Gasteiger partial charge in [0.25, 0.3) is 0 Å². The van der Waals surface area contributed by atoms with E-state index in [2.05, 4.69) is 15.3 Å². The van der Waals surface area contributed by atoms with Gasteiger partial charge in [0.05, 0.1) is 28.4 Å². The predicted molar refractivity (Wildman–Crippen MR) is 144 cm³/mol. The molecule has 38 heavy (non-hydrogen) atoms. The second-order valence-corrected chi connectivity index (χ2v) is 11.4. The van der Waals surface area contributed by atoms with Gasteiger partial charge in [-0.1, -0.05) is 23.2 Å². The van der Waals surface area contributed by atoms with Crippen LogP contribution in [0.4, 0.5) is 20.7 Å². The first-order chi connectivity index (χ1) is 18.0. The first kappa shape index (κ1) is 26.6. The lowest BCUT2D eigenvalue weighted by Crippen LogP contribution is -2.50. The Morgan fingerprint density at radius 1 is 1.11 bits per heavy atom. The molecule has 2 aliphatic heterocycles. The molecule has 2 aliphatic rings. The molecule has 0 spiro atoms. The van der Waals surface area contributed by atoms with Crippen LogP contribution in [0.2, 0.25) is 10.0 Å². The van der Waals surface area contributed by atoms with E-state index in [9.17, 15) is 9.18 Å². The number of nitrogens with zero attached hydrogens (tertiary/aromatic N) is 3. The fourth-order valence-electron chi connectivity index (χ4n) is 5.18. The van der Waals surface area contributed by atoms with Crippen LogP contribution in [0.1, 0.15) is 46.5 Å². The van der Waals surface area contributed by atoms with Crippen LogP contribution in [-0.4, -0.2) is 51.9 Å². The molecule has 1 unspecified atom stereocenters. The highest BCUT2D eigenvalue weighted by Gasteiger charge is 2.45. The van der Waals surface area contributed by atoms with Gasteiger partial charge in [-0.25, -0.2) is 19.2 Å². The monoisotopic (exact) mass is 562 g/mol. The van der Waals surface area contributed by atoms with Gasteiger partial charge in [-0.05, 0) is 51.8 Å². The van der Waals surface area contributed by atoms with Gasteiger partial charge in [0.2, 0.25) is 0 Å². The van der Waals surface area contributed by atoms with Crippen molar-refractivity contribution in [3.63, 3.8) is 0 Å². The van der Waals surface area contributed by atoms with Gasteiger partial charge in [-0.15, -0.1) is 0 Å². The average molecular weight is 563 g/mol. The zero-order chi connectivity index (χ0) is 27.2. The molecule has 3 aromatic rings. The smallest absolute Gasteiger partial charge is 0.410 e. The van der Waals surface area contributed by atoms with Gasteiger partial charge in [-0.2, -0.15) is 0 Å². The third-order valence-electron chi connectivity index (χ3n) is 6.80. The van der Waals surface area contributed by atoms with Gasteiger partial charge in [0.15, 0.2) is 17.3 Å². The molecule has 5 rings (SSSR count). The van der Waals surface area contributed by atoms with Gasteiger partial charge >= 0.3 is 6.09 Å². The standard InChI is InChI=1S/C27H29Cl2FN4O4/c1-27(2,3)38-26(35)34-14-5-6-15(34)10-16(9-14)37-22-11-17-20(12-21(22)36-4)31-13-32-25(17)33-19-8-7-18(28)23(29)24(19)30/h7-8,11-16H,5-6,9-10H2,1-4H3,(H,31,32,33)/t14-,15?,16+/m0/s1. The summed E-state index contributed by atoms with van der Waals surface area (Å²) in [5, 5.41) is 3.55. The predicted octanol–water partition coefficient (Wildman–Crippen LogP) is 7.14. The fraction of sp³-hybridized carbons (Fsp3) is 0.444. The van der Waals surface area contributed by atoms with Crippen LogP contribution in [0.3, 0.4) is 0 Å². The summed E-state index contributed by atoms with van der Waals surface area (Å²) in [5.41, 5.74) is 0.173. The number of fused-ring (bicyclic) bond motifs is 3. The van der Waals surface area contributed by atoms with E-state index < -0.39 is 11.4 Å². The normalized spacial score (nSPS) is 20.9. The van der Waals surface area contributed by atoms with Crippen LogP contribution in [0.15, 0.2) is 30.6 Å². The summed E-state index contributed by atoms with van der Waals surface area (Å²) in [6.07, 6.45) is 4.18. The maximum absolute atomic E-state index is 14.7. The highest BCUT2D eigenvalue weighted by atomic mass is 35.5. The molecule has 3 heterocycles. The highest BCUT2D eigenvalue weighted by Crippen LogP contribution is 2.41. The number of methoxy groups -OCH3 is 1. The van der Waals surface area contributed by atoms with Gasteiger partial charge in [0, 0.05) is 36.4 Å². The molecule has 2 fully saturated rings. The zero-order valence-electron chi connectivity index (χ0n) is 21.6. The Morgan fingerprint density at radius 3 is 2.47 bits per heavy atom. The third kappa shape index (κ3) is 5.27. The summed E-state index contributed by atoms with van der Waals surface area (Å²) in [6.45, 7) is 5.62. The zero-order valence-corrected chi connectivity index (χ0v) is 23.1. The molecule has 0 radical (unpaired) electrons. The molecule has 2 bridgehead atoms. The van der Waals surface area contributed by atoms with Crippen LogP contribution < -0.4 is 14.8 Å². The highest BCUT2D eigenvalue weighted by molar-refractivity contribution is 6.42. The molecule has 11 heteroatoms. The maximum atomic E-state index is 14.7. The second-order valence-electron chi connectivity index (χ2n) is 10.6. The van der Waals surface area contributed by atoms with Crippen molar-refractivity contribution in [1.82, 2.24) is 14.9 Å². The number of anilines is 2. The van der Waals surface area contributed by atoms with Crippen LogP contribution in [0, 0.1) is 5.82 Å². The quantitative estimate of drug-likeness (QED) is 0.331. The van der Waals surface area contributed by atoms with Crippen LogP contribution in [0.25, 0.3) is 10.9 Å². The van der Waals surface area contributed by atoms with E-state index in [-0.39, 0.29) is 40.0 Å². The number of halogens is 3. The number of nitrogens with one attached hydrogen (secondary N) is 1. The summed E-state index contributed by atoms with van der Waals surface area (Å²) in [5.74, 6) is 0.732. The summed E-state index contributed by atoms with van der Waals surface area (Å²) in [7, 11) is 1.56. The van der Waals surface area contributed by atoms with E-state index in [4.69, 9.17) is 37.4 Å². The number of amides is 1. The maximum Gasteiger partial charge on any atom is 0.410 e. The van der Waals surface area contributed by atoms with Crippen molar-refractivity contribution >= 4 is 51.7 Å². The second kappa shape index (κ2) is 10.3. The van der Waals surface area contributed by atoms with Crippen molar-refractivity contribution in [3.8, 4) is 11.5 Å². The first-order valence-electron chi connectivity index (χ1n) is 12.5. The van der Waals surface area contributed by atoms with E-state index in [1.54, 1.807) is 19.2 Å². The number of carbonyl (C=O) groups excluding carboxylic acids is 1. The minimum Gasteiger partial charge on any atom is -0.493 e. The molecule has 1 aromatic heterocycles. The molecule has 1 amide bonds. The van der Waals surface area contributed by atoms with Crippen molar-refractivity contribution in [1.29, 1.82) is 0 Å². The lowest BCUT2D eigenvalue weighted by atomic mass is 10.00. The van der Waals surface area contributed by atoms with E-state index in [0.717, 1.165) is 12.8 Å². The van der Waals surface area contributed by atoms with Gasteiger partial charge in [0.1, 0.15) is 23.9 Å². The Balaban J connectivity index is 1.40. The number of piperidine rings is 1. The Labute approximate surface area is 230 Å². The largest absolute Gasteiger partial charge is 0.493 e. The Morgan fingerprint density at radius 2 is 1.82 bits per heavy atom. The summed E-state index contributed by atoms with van der Waals surface area (Å²) in [4.78, 5) is 23.3. The SMILES string of the molecule is COc1cc2ncnc(Nc3ccc(Cl)c(Cl)c3F)c2cc1O[C@H]1CC2CC[C@@H](C1)N2C(=O)OC(C)(C)C. The third-order valence-corrected chi connectivity index (χ3v) is 7.58. The van der Waals surface area contributed by atoms with Crippen molar-refractivity contribution in [2.45, 2.75) is 70.2 Å². The fourth-order valence-corrected chi connectivity index (χ4v) is 5.49. The summed E-state index contributed by atoms with van der Waals surface area (Å²) >= 11 is 11.9. The molecular formula is C27H29Cl2FN4O4. The number of aromatic nitrogens is 2. The number of hydrogen-bond donors (Lipinski definition) is 1. The summed E-state index contributed by atoms with van der Waals surface area (Å²) < 4.78 is 32.4. The Kier molecular flexibility index (Phi) is 7.17. The van der Waals surface area contributed by atoms with E-state index in [1.807, 2.05) is 25.7 Å². The molecule has 2 saturated heterocycles. The Bertz CT molecular complexity index is 1370. The minimum atomic E-state index is -0.678. The molecule has 8 nitrogen and oxygen atoms in total. The van der Waals surface area contributed by atoms with Gasteiger partial charge in [-0.3, -0.25) is 0 Å². The lowest BCUT2D eigenvalue weighted by Gasteiger charge is -2.39. The molecule has 3 atom stereocenters. The van der Waals surface area contributed by atoms with E-state index in [1.165, 1.54) is 18.5 Å². The molecule has 202 valence electrons. The van der Waals surface area contributed by atoms with Crippen LogP contribution in [0.5, 0.6) is 11.5 Å². The topological polar surface area (TPSA) is 85.8 Å². The molecule has 0 aliphatic carbocycles. The number of carbonyl (C=O) groups is 1. The van der Waals surface area contributed by atoms with Crippen LogP contribution >= 0.6 is 23.2 Å². The van der Waals surface area contributed by atoms with Crippen molar-refractivity contribution in [3.05, 3.63) is 46.5 Å². The van der Waals surface area contributed by atoms with Crippen molar-refractivity contribution in [2.75, 3.05) is 12.4 Å². The average Bonchev–Trinajstić information content (AvgIpc) is 3.14. The first-order valence-corrected chi connectivity index (χ1v) is 13.2. The number of hydrogen-bond acceptors (Lipinski definition) is 7. The van der Waals surface area contributed by atoms with Crippen molar-refractivity contribution < 1.29 is 23.4 Å². The molecular weight excluding hydrogens is 534 g/mol. The van der Waals surface area contributed by atoms with Crippen LogP contribution in [-0.2, 0) is 4.74 Å². The van der Waals surface area contributed by atoms with E-state index >= 15 is 0 Å².